The molecule has 0 bridgehead atoms. The number of primary amides is 1. The number of hydrogen-bond acceptors (Lipinski definition) is 3. The molecule has 1 saturated heterocycles. The maximum absolute atomic E-state index is 13.3. The molecule has 1 amide bonds. The molecule has 3 N–H and O–H groups in total. The molecule has 1 aliphatic rings. The van der Waals surface area contributed by atoms with E-state index in [0.717, 1.165) is 76.0 Å². The molecule has 4 aromatic rings. The summed E-state index contributed by atoms with van der Waals surface area (Å²) in [4.78, 5) is 15.8. The smallest absolute Gasteiger partial charge is 0.232 e. The van der Waals surface area contributed by atoms with Crippen LogP contribution in [0.5, 0.6) is 0 Å². The third kappa shape index (κ3) is 7.13. The van der Waals surface area contributed by atoms with Crippen molar-refractivity contribution in [1.82, 2.24) is 10.2 Å². The highest BCUT2D eigenvalue weighted by atomic mass is 16.1. The fourth-order valence-electron chi connectivity index (χ4n) is 6.53. The van der Waals surface area contributed by atoms with Gasteiger partial charge in [0.25, 0.3) is 0 Å². The molecular weight excluding hydrogens is 502 g/mol. The summed E-state index contributed by atoms with van der Waals surface area (Å²) >= 11 is 0. The van der Waals surface area contributed by atoms with Gasteiger partial charge in [0.05, 0.1) is 0 Å². The van der Waals surface area contributed by atoms with E-state index in [2.05, 4.69) is 89.1 Å². The average molecular weight is 546 g/mol. The van der Waals surface area contributed by atoms with Gasteiger partial charge in [0.2, 0.25) is 5.91 Å². The molecule has 1 fully saturated rings. The third-order valence-electron chi connectivity index (χ3n) is 8.72. The van der Waals surface area contributed by atoms with Gasteiger partial charge < -0.3 is 16.0 Å². The maximum Gasteiger partial charge on any atom is 0.232 e. The van der Waals surface area contributed by atoms with Crippen LogP contribution in [0.15, 0.2) is 115 Å². The molecule has 1 aliphatic heterocycles. The zero-order valence-electron chi connectivity index (χ0n) is 24.1. The van der Waals surface area contributed by atoms with Gasteiger partial charge >= 0.3 is 0 Å². The van der Waals surface area contributed by atoms with Crippen LogP contribution in [-0.2, 0) is 29.5 Å². The van der Waals surface area contributed by atoms with Crippen LogP contribution in [0.2, 0.25) is 0 Å². The molecule has 0 aromatic heterocycles. The SMILES string of the molecule is NC(=O)C(c1ccccc1)(c1ccccc1)C1CCN(CCCc2ccc(CCNCCc3ccccc3)cc2)C1. The molecule has 1 atom stereocenters. The second-order valence-corrected chi connectivity index (χ2v) is 11.3. The Balaban J connectivity index is 1.11. The Labute approximate surface area is 245 Å². The third-order valence-corrected chi connectivity index (χ3v) is 8.72. The van der Waals surface area contributed by atoms with Crippen LogP contribution >= 0.6 is 0 Å². The number of benzene rings is 4. The molecule has 4 nitrogen and oxygen atoms in total. The zero-order valence-corrected chi connectivity index (χ0v) is 24.1. The quantitative estimate of drug-likeness (QED) is 0.197. The summed E-state index contributed by atoms with van der Waals surface area (Å²) in [6, 6.07) is 40.1. The summed E-state index contributed by atoms with van der Waals surface area (Å²) < 4.78 is 0. The lowest BCUT2D eigenvalue weighted by Crippen LogP contribution is -2.49. The van der Waals surface area contributed by atoms with Crippen molar-refractivity contribution in [1.29, 1.82) is 0 Å². The summed E-state index contributed by atoms with van der Waals surface area (Å²) in [5.74, 6) is -0.112. The van der Waals surface area contributed by atoms with Crippen molar-refractivity contribution in [3.63, 3.8) is 0 Å². The zero-order chi connectivity index (χ0) is 28.3. The van der Waals surface area contributed by atoms with E-state index < -0.39 is 5.41 Å². The van der Waals surface area contributed by atoms with Crippen LogP contribution in [-0.4, -0.2) is 43.5 Å². The fraction of sp³-hybridized carbons (Fsp3) is 0.324. The molecule has 1 heterocycles. The Morgan fingerprint density at radius 1 is 0.707 bits per heavy atom. The van der Waals surface area contributed by atoms with Crippen LogP contribution < -0.4 is 11.1 Å². The number of nitrogens with one attached hydrogen (secondary N) is 1. The first-order valence-corrected chi connectivity index (χ1v) is 15.1. The summed E-state index contributed by atoms with van der Waals surface area (Å²) in [7, 11) is 0. The minimum absolute atomic E-state index is 0.144. The minimum atomic E-state index is -0.816. The van der Waals surface area contributed by atoms with Gasteiger partial charge in [0, 0.05) is 6.54 Å². The number of nitrogens with two attached hydrogens (primary N) is 1. The molecule has 4 aromatic carbocycles. The molecule has 5 rings (SSSR count). The largest absolute Gasteiger partial charge is 0.369 e. The van der Waals surface area contributed by atoms with Crippen molar-refractivity contribution in [2.24, 2.45) is 11.7 Å². The number of amides is 1. The molecule has 1 unspecified atom stereocenters. The van der Waals surface area contributed by atoms with Gasteiger partial charge in [-0.1, -0.05) is 115 Å². The second-order valence-electron chi connectivity index (χ2n) is 11.3. The Bertz CT molecular complexity index is 1300. The number of carbonyl (C=O) groups excluding carboxylic acids is 1. The number of nitrogens with zero attached hydrogens (tertiary/aromatic N) is 1. The molecule has 0 radical (unpaired) electrons. The molecule has 0 aliphatic carbocycles. The van der Waals surface area contributed by atoms with Crippen molar-refractivity contribution in [3.8, 4) is 0 Å². The summed E-state index contributed by atoms with van der Waals surface area (Å²) in [6.45, 7) is 4.91. The lowest BCUT2D eigenvalue weighted by atomic mass is 9.64. The van der Waals surface area contributed by atoms with Crippen LogP contribution in [0, 0.1) is 5.92 Å². The van der Waals surface area contributed by atoms with Gasteiger partial charge in [0.15, 0.2) is 0 Å². The van der Waals surface area contributed by atoms with E-state index in [0.29, 0.717) is 0 Å². The van der Waals surface area contributed by atoms with Crippen LogP contribution in [0.25, 0.3) is 0 Å². The van der Waals surface area contributed by atoms with Gasteiger partial charge in [-0.3, -0.25) is 4.79 Å². The van der Waals surface area contributed by atoms with E-state index in [4.69, 9.17) is 5.73 Å². The second kappa shape index (κ2) is 14.2. The summed E-state index contributed by atoms with van der Waals surface area (Å²) in [5.41, 5.74) is 11.6. The van der Waals surface area contributed by atoms with Gasteiger partial charge in [-0.05, 0) is 92.0 Å². The van der Waals surface area contributed by atoms with E-state index in [1.54, 1.807) is 0 Å². The first kappa shape index (κ1) is 28.8. The predicted molar refractivity (Wildman–Crippen MR) is 169 cm³/mol. The van der Waals surface area contributed by atoms with E-state index in [1.165, 1.54) is 16.7 Å². The topological polar surface area (TPSA) is 58.4 Å². The fourth-order valence-corrected chi connectivity index (χ4v) is 6.53. The van der Waals surface area contributed by atoms with Crippen LogP contribution in [0.1, 0.15) is 40.7 Å². The van der Waals surface area contributed by atoms with E-state index in [1.807, 2.05) is 36.4 Å². The Morgan fingerprint density at radius 3 is 1.73 bits per heavy atom. The Kier molecular flexibility index (Phi) is 10.0. The molecular formula is C37H43N3O. The average Bonchev–Trinajstić information content (AvgIpc) is 3.48. The van der Waals surface area contributed by atoms with Gasteiger partial charge in [-0.15, -0.1) is 0 Å². The monoisotopic (exact) mass is 545 g/mol. The van der Waals surface area contributed by atoms with Crippen LogP contribution in [0.3, 0.4) is 0 Å². The van der Waals surface area contributed by atoms with E-state index >= 15 is 0 Å². The number of rotatable bonds is 14. The number of aryl methyl sites for hydroxylation is 1. The van der Waals surface area contributed by atoms with E-state index in [-0.39, 0.29) is 11.8 Å². The van der Waals surface area contributed by atoms with Crippen LogP contribution in [0.4, 0.5) is 0 Å². The summed E-state index contributed by atoms with van der Waals surface area (Å²) in [5, 5.41) is 3.57. The highest BCUT2D eigenvalue weighted by Crippen LogP contribution is 2.43. The van der Waals surface area contributed by atoms with Crippen molar-refractivity contribution < 1.29 is 4.79 Å². The number of likely N-dealkylation sites (tertiary alicyclic amines) is 1. The Hall–Kier alpha value is -3.73. The van der Waals surface area contributed by atoms with E-state index in [9.17, 15) is 4.79 Å². The lowest BCUT2D eigenvalue weighted by molar-refractivity contribution is -0.123. The van der Waals surface area contributed by atoms with Crippen molar-refractivity contribution in [2.45, 2.75) is 37.5 Å². The van der Waals surface area contributed by atoms with Gasteiger partial charge in [-0.25, -0.2) is 0 Å². The van der Waals surface area contributed by atoms with Gasteiger partial charge in [0.1, 0.15) is 5.41 Å². The first-order chi connectivity index (χ1) is 20.2. The number of hydrogen-bond donors (Lipinski definition) is 2. The minimum Gasteiger partial charge on any atom is -0.369 e. The maximum atomic E-state index is 13.3. The van der Waals surface area contributed by atoms with Crippen molar-refractivity contribution in [2.75, 3.05) is 32.7 Å². The van der Waals surface area contributed by atoms with Gasteiger partial charge in [-0.2, -0.15) is 0 Å². The molecule has 4 heteroatoms. The standard InChI is InChI=1S/C37H43N3O/c38-36(41)37(33-14-6-2-7-15-33,34-16-8-3-9-17-34)35-24-28-40(29-35)27-10-13-31-18-20-32(21-19-31)23-26-39-25-22-30-11-4-1-5-12-30/h1-9,11-12,14-21,35,39H,10,13,22-29H2,(H2,38,41). The Morgan fingerprint density at radius 2 is 1.20 bits per heavy atom. The lowest BCUT2D eigenvalue weighted by Gasteiger charge is -2.37. The molecule has 212 valence electrons. The highest BCUT2D eigenvalue weighted by molar-refractivity contribution is 5.91. The normalized spacial score (nSPS) is 15.7. The molecule has 0 saturated carbocycles. The molecule has 41 heavy (non-hydrogen) atoms. The highest BCUT2D eigenvalue weighted by Gasteiger charge is 2.49. The molecule has 0 spiro atoms. The van der Waals surface area contributed by atoms with Crippen molar-refractivity contribution in [3.05, 3.63) is 143 Å². The number of carbonyl (C=O) groups is 1. The van der Waals surface area contributed by atoms with Crippen molar-refractivity contribution >= 4 is 5.91 Å². The predicted octanol–water partition coefficient (Wildman–Crippen LogP) is 5.79. The summed E-state index contributed by atoms with van der Waals surface area (Å²) in [6.07, 6.45) is 5.25. The first-order valence-electron chi connectivity index (χ1n) is 15.1.